The van der Waals surface area contributed by atoms with Crippen LogP contribution in [0.4, 0.5) is 5.69 Å². The Morgan fingerprint density at radius 2 is 1.95 bits per heavy atom. The summed E-state index contributed by atoms with van der Waals surface area (Å²) in [4.78, 5) is 18.0. The number of hydrogen-bond acceptors (Lipinski definition) is 4. The van der Waals surface area contributed by atoms with Gasteiger partial charge in [-0.25, -0.2) is 4.98 Å². The molecule has 0 aliphatic heterocycles. The van der Waals surface area contributed by atoms with E-state index in [0.717, 1.165) is 5.56 Å². The monoisotopic (exact) mass is 270 g/mol. The molecule has 0 aliphatic rings. The molecule has 1 heterocycles. The molecule has 5 nitrogen and oxygen atoms in total. The van der Waals surface area contributed by atoms with Gasteiger partial charge in [-0.05, 0) is 24.6 Å². The Balaban J connectivity index is 2.05. The average molecular weight is 270 g/mol. The molecule has 1 aromatic heterocycles. The lowest BCUT2D eigenvalue weighted by molar-refractivity contribution is 0.0779. The van der Waals surface area contributed by atoms with Crippen LogP contribution in [0, 0.1) is 6.92 Å². The molecule has 2 aromatic rings. The maximum absolute atomic E-state index is 12.2. The smallest absolute Gasteiger partial charge is 0.272 e. The summed E-state index contributed by atoms with van der Waals surface area (Å²) in [5, 5.41) is 0. The Morgan fingerprint density at radius 1 is 1.25 bits per heavy atom. The number of nitrogens with two attached hydrogens (primary N) is 1. The molecule has 3 N–H and O–H groups in total. The summed E-state index contributed by atoms with van der Waals surface area (Å²) >= 11 is 0. The van der Waals surface area contributed by atoms with Crippen molar-refractivity contribution in [3.05, 3.63) is 59.4 Å². The molecule has 1 amide bonds. The molecule has 0 radical (unpaired) electrons. The molecule has 0 bridgehead atoms. The van der Waals surface area contributed by atoms with E-state index in [0.29, 0.717) is 17.9 Å². The highest BCUT2D eigenvalue weighted by Crippen LogP contribution is 2.10. The number of amides is 1. The van der Waals surface area contributed by atoms with Gasteiger partial charge in [-0.3, -0.25) is 10.6 Å². The van der Waals surface area contributed by atoms with Crippen LogP contribution in [-0.2, 0) is 6.54 Å². The van der Waals surface area contributed by atoms with Crippen molar-refractivity contribution in [1.29, 1.82) is 0 Å². The number of hydrazine groups is 1. The first-order chi connectivity index (χ1) is 9.60. The minimum atomic E-state index is -0.117. The molecular formula is C15H18N4O. The second-order valence-electron chi connectivity index (χ2n) is 4.72. The fourth-order valence-electron chi connectivity index (χ4n) is 1.84. The summed E-state index contributed by atoms with van der Waals surface area (Å²) in [6, 6.07) is 11.5. The first kappa shape index (κ1) is 14.0. The van der Waals surface area contributed by atoms with Crippen LogP contribution in [0.5, 0.6) is 0 Å². The Bertz CT molecular complexity index is 578. The summed E-state index contributed by atoms with van der Waals surface area (Å²) in [5.74, 6) is 5.15. The van der Waals surface area contributed by atoms with Gasteiger partial charge in [-0.15, -0.1) is 0 Å². The van der Waals surface area contributed by atoms with E-state index >= 15 is 0 Å². The van der Waals surface area contributed by atoms with Crippen molar-refractivity contribution in [2.75, 3.05) is 12.5 Å². The average Bonchev–Trinajstić information content (AvgIpc) is 2.49. The van der Waals surface area contributed by atoms with Gasteiger partial charge in [0, 0.05) is 13.6 Å². The summed E-state index contributed by atoms with van der Waals surface area (Å²) in [6.45, 7) is 2.59. The molecule has 5 heteroatoms. The largest absolute Gasteiger partial charge is 0.336 e. The van der Waals surface area contributed by atoms with Crippen molar-refractivity contribution in [2.45, 2.75) is 13.5 Å². The summed E-state index contributed by atoms with van der Waals surface area (Å²) in [6.07, 6.45) is 1.53. The molecule has 0 spiro atoms. The summed E-state index contributed by atoms with van der Waals surface area (Å²) in [7, 11) is 1.76. The van der Waals surface area contributed by atoms with Crippen LogP contribution in [0.25, 0.3) is 0 Å². The molecule has 0 aliphatic carbocycles. The van der Waals surface area contributed by atoms with Gasteiger partial charge in [0.1, 0.15) is 5.69 Å². The van der Waals surface area contributed by atoms with Gasteiger partial charge >= 0.3 is 0 Å². The van der Waals surface area contributed by atoms with Gasteiger partial charge in [-0.1, -0.05) is 29.8 Å². The van der Waals surface area contributed by atoms with E-state index in [2.05, 4.69) is 10.4 Å². The minimum Gasteiger partial charge on any atom is -0.336 e. The van der Waals surface area contributed by atoms with Crippen LogP contribution in [0.1, 0.15) is 21.6 Å². The van der Waals surface area contributed by atoms with E-state index in [-0.39, 0.29) is 5.91 Å². The van der Waals surface area contributed by atoms with Crippen LogP contribution in [0.2, 0.25) is 0 Å². The number of anilines is 1. The Hall–Kier alpha value is -2.40. The quantitative estimate of drug-likeness (QED) is 0.658. The van der Waals surface area contributed by atoms with Crippen LogP contribution >= 0.6 is 0 Å². The molecule has 0 saturated heterocycles. The number of nitrogen functional groups attached to an aromatic ring is 1. The number of pyridine rings is 1. The van der Waals surface area contributed by atoms with E-state index < -0.39 is 0 Å². The normalized spacial score (nSPS) is 10.2. The number of carbonyl (C=O) groups is 1. The van der Waals surface area contributed by atoms with Crippen LogP contribution in [0.15, 0.2) is 42.6 Å². The molecule has 0 unspecified atom stereocenters. The van der Waals surface area contributed by atoms with E-state index in [9.17, 15) is 4.79 Å². The highest BCUT2D eigenvalue weighted by Gasteiger charge is 2.13. The maximum atomic E-state index is 12.2. The third kappa shape index (κ3) is 3.33. The first-order valence-corrected chi connectivity index (χ1v) is 6.34. The molecule has 2 rings (SSSR count). The van der Waals surface area contributed by atoms with Crippen molar-refractivity contribution in [3.8, 4) is 0 Å². The highest BCUT2D eigenvalue weighted by molar-refractivity contribution is 5.92. The van der Waals surface area contributed by atoms with Crippen molar-refractivity contribution >= 4 is 11.6 Å². The van der Waals surface area contributed by atoms with Gasteiger partial charge in [0.05, 0.1) is 11.9 Å². The fraction of sp³-hybridized carbons (Fsp3) is 0.200. The summed E-state index contributed by atoms with van der Waals surface area (Å²) in [5.41, 5.74) is 5.84. The predicted molar refractivity (Wildman–Crippen MR) is 79.0 cm³/mol. The van der Waals surface area contributed by atoms with Gasteiger partial charge in [0.2, 0.25) is 0 Å². The number of aryl methyl sites for hydroxylation is 1. The number of nitrogens with zero attached hydrogens (tertiary/aromatic N) is 2. The zero-order chi connectivity index (χ0) is 14.5. The van der Waals surface area contributed by atoms with Gasteiger partial charge in [0.15, 0.2) is 0 Å². The van der Waals surface area contributed by atoms with E-state index in [1.807, 2.05) is 31.2 Å². The third-order valence-corrected chi connectivity index (χ3v) is 3.04. The van der Waals surface area contributed by atoms with E-state index in [1.165, 1.54) is 11.8 Å². The minimum absolute atomic E-state index is 0.117. The Morgan fingerprint density at radius 3 is 2.50 bits per heavy atom. The van der Waals surface area contributed by atoms with Crippen LogP contribution < -0.4 is 11.3 Å². The SMILES string of the molecule is Cc1ccc(CN(C)C(=O)c2ccc(NN)cn2)cc1. The van der Waals surface area contributed by atoms with E-state index in [4.69, 9.17) is 5.84 Å². The van der Waals surface area contributed by atoms with Crippen molar-refractivity contribution in [3.63, 3.8) is 0 Å². The number of rotatable bonds is 4. The lowest BCUT2D eigenvalue weighted by atomic mass is 10.1. The molecule has 0 atom stereocenters. The van der Waals surface area contributed by atoms with Gasteiger partial charge in [-0.2, -0.15) is 0 Å². The zero-order valence-corrected chi connectivity index (χ0v) is 11.6. The predicted octanol–water partition coefficient (Wildman–Crippen LogP) is 1.95. The van der Waals surface area contributed by atoms with Crippen LogP contribution in [0.3, 0.4) is 0 Å². The van der Waals surface area contributed by atoms with Crippen molar-refractivity contribution in [1.82, 2.24) is 9.88 Å². The van der Waals surface area contributed by atoms with Gasteiger partial charge in [0.25, 0.3) is 5.91 Å². The standard InChI is InChI=1S/C15H18N4O/c1-11-3-5-12(6-4-11)10-19(2)15(20)14-8-7-13(18-16)9-17-14/h3-9,18H,10,16H2,1-2H3. The van der Waals surface area contributed by atoms with E-state index in [1.54, 1.807) is 24.1 Å². The highest BCUT2D eigenvalue weighted by atomic mass is 16.2. The molecule has 0 fully saturated rings. The molecule has 104 valence electrons. The van der Waals surface area contributed by atoms with Crippen LogP contribution in [-0.4, -0.2) is 22.8 Å². The second kappa shape index (κ2) is 6.16. The van der Waals surface area contributed by atoms with Crippen molar-refractivity contribution in [2.24, 2.45) is 5.84 Å². The Labute approximate surface area is 118 Å². The molecule has 0 saturated carbocycles. The lowest BCUT2D eigenvalue weighted by Crippen LogP contribution is -2.27. The second-order valence-corrected chi connectivity index (χ2v) is 4.72. The maximum Gasteiger partial charge on any atom is 0.272 e. The number of aromatic nitrogens is 1. The third-order valence-electron chi connectivity index (χ3n) is 3.04. The number of carbonyl (C=O) groups excluding carboxylic acids is 1. The fourth-order valence-corrected chi connectivity index (χ4v) is 1.84. The topological polar surface area (TPSA) is 71.2 Å². The first-order valence-electron chi connectivity index (χ1n) is 6.34. The zero-order valence-electron chi connectivity index (χ0n) is 11.6. The Kier molecular flexibility index (Phi) is 4.32. The lowest BCUT2D eigenvalue weighted by Gasteiger charge is -2.17. The number of benzene rings is 1. The number of hydrogen-bond donors (Lipinski definition) is 2. The number of nitrogens with one attached hydrogen (secondary N) is 1. The molecule has 20 heavy (non-hydrogen) atoms. The summed E-state index contributed by atoms with van der Waals surface area (Å²) < 4.78 is 0. The molecular weight excluding hydrogens is 252 g/mol. The van der Waals surface area contributed by atoms with Gasteiger partial charge < -0.3 is 10.3 Å². The molecule has 1 aromatic carbocycles. The van der Waals surface area contributed by atoms with Crippen molar-refractivity contribution < 1.29 is 4.79 Å².